The largest absolute Gasteiger partial charge is 0.490 e. The van der Waals surface area contributed by atoms with Crippen LogP contribution in [0.25, 0.3) is 0 Å². The zero-order valence-electron chi connectivity index (χ0n) is 12.1. The van der Waals surface area contributed by atoms with Gasteiger partial charge in [0.1, 0.15) is 5.75 Å². The molecule has 106 valence electrons. The highest BCUT2D eigenvalue weighted by Crippen LogP contribution is 2.33. The molecule has 19 heavy (non-hydrogen) atoms. The molecule has 1 N–H and O–H groups in total. The van der Waals surface area contributed by atoms with E-state index in [9.17, 15) is 0 Å². The molecule has 0 bridgehead atoms. The van der Waals surface area contributed by atoms with Crippen LogP contribution in [0.4, 0.5) is 0 Å². The molecule has 0 saturated heterocycles. The quantitative estimate of drug-likeness (QED) is 0.867. The minimum Gasteiger partial charge on any atom is -0.490 e. The monoisotopic (exact) mass is 325 g/mol. The van der Waals surface area contributed by atoms with Crippen molar-refractivity contribution in [3.8, 4) is 5.75 Å². The van der Waals surface area contributed by atoms with E-state index in [0.29, 0.717) is 12.1 Å². The van der Waals surface area contributed by atoms with Gasteiger partial charge < -0.3 is 10.1 Å². The zero-order chi connectivity index (χ0) is 13.8. The van der Waals surface area contributed by atoms with E-state index in [1.165, 1.54) is 31.2 Å². The highest BCUT2D eigenvalue weighted by Gasteiger charge is 2.22. The molecule has 1 aromatic carbocycles. The highest BCUT2D eigenvalue weighted by atomic mass is 79.9. The molecule has 0 aromatic heterocycles. The molecule has 0 amide bonds. The Balaban J connectivity index is 2.15. The normalized spacial score (nSPS) is 25.1. The summed E-state index contributed by atoms with van der Waals surface area (Å²) in [4.78, 5) is 0. The molecule has 3 heteroatoms. The maximum atomic E-state index is 6.29. The number of ether oxygens (including phenoxy) is 1. The Bertz CT molecular complexity index is 421. The van der Waals surface area contributed by atoms with Crippen molar-refractivity contribution in [1.29, 1.82) is 0 Å². The number of halogens is 1. The van der Waals surface area contributed by atoms with Crippen molar-refractivity contribution in [2.45, 2.75) is 51.7 Å². The smallest absolute Gasteiger partial charge is 0.125 e. The minimum atomic E-state index is 0.309. The lowest BCUT2D eigenvalue weighted by Gasteiger charge is -2.29. The standard InChI is InChI=1S/C16H24BrNO/c1-11-5-4-6-14(9-11)19-16-10-13(17)7-8-15(16)12(2)18-3/h7-8,10-12,14,18H,4-6,9H2,1-3H3. The topological polar surface area (TPSA) is 21.3 Å². The van der Waals surface area contributed by atoms with Gasteiger partial charge in [-0.3, -0.25) is 0 Å². The molecule has 3 unspecified atom stereocenters. The molecule has 0 spiro atoms. The summed E-state index contributed by atoms with van der Waals surface area (Å²) in [7, 11) is 1.99. The Morgan fingerprint density at radius 1 is 1.37 bits per heavy atom. The van der Waals surface area contributed by atoms with Crippen LogP contribution in [0, 0.1) is 5.92 Å². The first-order chi connectivity index (χ1) is 9.10. The second kappa shape index (κ2) is 6.76. The van der Waals surface area contributed by atoms with Crippen molar-refractivity contribution in [2.75, 3.05) is 7.05 Å². The van der Waals surface area contributed by atoms with E-state index in [1.54, 1.807) is 0 Å². The van der Waals surface area contributed by atoms with Gasteiger partial charge >= 0.3 is 0 Å². The number of hydrogen-bond donors (Lipinski definition) is 1. The van der Waals surface area contributed by atoms with Gasteiger partial charge in [-0.15, -0.1) is 0 Å². The van der Waals surface area contributed by atoms with E-state index in [0.717, 1.165) is 16.1 Å². The van der Waals surface area contributed by atoms with E-state index in [2.05, 4.69) is 53.3 Å². The summed E-state index contributed by atoms with van der Waals surface area (Å²) in [5.74, 6) is 1.81. The molecule has 2 nitrogen and oxygen atoms in total. The van der Waals surface area contributed by atoms with E-state index in [-0.39, 0.29) is 0 Å². The lowest BCUT2D eigenvalue weighted by Crippen LogP contribution is -2.25. The van der Waals surface area contributed by atoms with Crippen LogP contribution in [-0.4, -0.2) is 13.2 Å². The molecule has 3 atom stereocenters. The highest BCUT2D eigenvalue weighted by molar-refractivity contribution is 9.10. The van der Waals surface area contributed by atoms with Gasteiger partial charge in [0.2, 0.25) is 0 Å². The van der Waals surface area contributed by atoms with E-state index in [4.69, 9.17) is 4.74 Å². The van der Waals surface area contributed by atoms with Crippen LogP contribution in [0.2, 0.25) is 0 Å². The Hall–Kier alpha value is -0.540. The SMILES string of the molecule is CNC(C)c1ccc(Br)cc1OC1CCCC(C)C1. The number of rotatable bonds is 4. The van der Waals surface area contributed by atoms with Crippen molar-refractivity contribution >= 4 is 15.9 Å². The van der Waals surface area contributed by atoms with Crippen LogP contribution in [0.1, 0.15) is 51.1 Å². The fourth-order valence-corrected chi connectivity index (χ4v) is 3.13. The molecule has 0 aliphatic heterocycles. The van der Waals surface area contributed by atoms with Crippen molar-refractivity contribution in [1.82, 2.24) is 5.32 Å². The maximum Gasteiger partial charge on any atom is 0.125 e. The first kappa shape index (κ1) is 14.9. The molecule has 0 heterocycles. The summed E-state index contributed by atoms with van der Waals surface area (Å²) < 4.78 is 7.37. The molecule has 2 rings (SSSR count). The summed E-state index contributed by atoms with van der Waals surface area (Å²) in [5.41, 5.74) is 1.24. The van der Waals surface area contributed by atoms with Crippen molar-refractivity contribution < 1.29 is 4.74 Å². The lowest BCUT2D eigenvalue weighted by molar-refractivity contribution is 0.127. The first-order valence-electron chi connectivity index (χ1n) is 7.23. The molecular weight excluding hydrogens is 302 g/mol. The van der Waals surface area contributed by atoms with Gasteiger partial charge in [0.15, 0.2) is 0 Å². The van der Waals surface area contributed by atoms with Gasteiger partial charge in [-0.1, -0.05) is 35.3 Å². The van der Waals surface area contributed by atoms with Crippen LogP contribution in [0.3, 0.4) is 0 Å². The van der Waals surface area contributed by atoms with Crippen LogP contribution < -0.4 is 10.1 Å². The van der Waals surface area contributed by atoms with Crippen molar-refractivity contribution in [2.24, 2.45) is 5.92 Å². The molecule has 1 aromatic rings. The van der Waals surface area contributed by atoms with Gasteiger partial charge in [0, 0.05) is 16.1 Å². The third kappa shape index (κ3) is 3.96. The predicted molar refractivity (Wildman–Crippen MR) is 83.7 cm³/mol. The second-order valence-corrected chi connectivity index (χ2v) is 6.62. The average molecular weight is 326 g/mol. The van der Waals surface area contributed by atoms with Crippen LogP contribution in [0.15, 0.2) is 22.7 Å². The summed E-state index contributed by atoms with van der Waals surface area (Å²) in [6.07, 6.45) is 5.37. The van der Waals surface area contributed by atoms with Crippen LogP contribution in [-0.2, 0) is 0 Å². The van der Waals surface area contributed by atoms with Gasteiger partial charge in [-0.05, 0) is 51.3 Å². The van der Waals surface area contributed by atoms with Crippen LogP contribution in [0.5, 0.6) is 5.75 Å². The van der Waals surface area contributed by atoms with E-state index in [1.807, 2.05) is 7.05 Å². The maximum absolute atomic E-state index is 6.29. The van der Waals surface area contributed by atoms with Crippen molar-refractivity contribution in [3.63, 3.8) is 0 Å². The first-order valence-corrected chi connectivity index (χ1v) is 8.02. The molecule has 0 radical (unpaired) electrons. The predicted octanol–water partition coefficient (Wildman–Crippen LogP) is 4.69. The fraction of sp³-hybridized carbons (Fsp3) is 0.625. The number of nitrogens with one attached hydrogen (secondary N) is 1. The van der Waals surface area contributed by atoms with Crippen LogP contribution >= 0.6 is 15.9 Å². The Kier molecular flexibility index (Phi) is 5.28. The number of benzene rings is 1. The zero-order valence-corrected chi connectivity index (χ0v) is 13.7. The van der Waals surface area contributed by atoms with Crippen molar-refractivity contribution in [3.05, 3.63) is 28.2 Å². The van der Waals surface area contributed by atoms with Gasteiger partial charge in [-0.25, -0.2) is 0 Å². The summed E-state index contributed by atoms with van der Waals surface area (Å²) >= 11 is 3.54. The molecule has 1 aliphatic rings. The summed E-state index contributed by atoms with van der Waals surface area (Å²) in [6.45, 7) is 4.49. The Morgan fingerprint density at radius 3 is 2.84 bits per heavy atom. The second-order valence-electron chi connectivity index (χ2n) is 5.70. The Morgan fingerprint density at radius 2 is 2.16 bits per heavy atom. The summed E-state index contributed by atoms with van der Waals surface area (Å²) in [5, 5.41) is 3.29. The molecule has 1 saturated carbocycles. The molecule has 1 fully saturated rings. The third-order valence-electron chi connectivity index (χ3n) is 4.06. The van der Waals surface area contributed by atoms with Gasteiger partial charge in [0.25, 0.3) is 0 Å². The van der Waals surface area contributed by atoms with E-state index < -0.39 is 0 Å². The van der Waals surface area contributed by atoms with Gasteiger partial charge in [0.05, 0.1) is 6.10 Å². The summed E-state index contributed by atoms with van der Waals surface area (Å²) in [6, 6.07) is 6.64. The third-order valence-corrected chi connectivity index (χ3v) is 4.55. The average Bonchev–Trinajstić information content (AvgIpc) is 2.38. The molecular formula is C16H24BrNO. The van der Waals surface area contributed by atoms with E-state index >= 15 is 0 Å². The minimum absolute atomic E-state index is 0.309. The number of hydrogen-bond acceptors (Lipinski definition) is 2. The molecule has 1 aliphatic carbocycles. The Labute approximate surface area is 125 Å². The fourth-order valence-electron chi connectivity index (χ4n) is 2.79. The van der Waals surface area contributed by atoms with Gasteiger partial charge in [-0.2, -0.15) is 0 Å². The lowest BCUT2D eigenvalue weighted by atomic mass is 9.88.